The van der Waals surface area contributed by atoms with Crippen LogP contribution in [-0.2, 0) is 6.42 Å². The van der Waals surface area contributed by atoms with Gasteiger partial charge in [0.2, 0.25) is 0 Å². The quantitative estimate of drug-likeness (QED) is 0.697. The fourth-order valence-corrected chi connectivity index (χ4v) is 2.22. The second kappa shape index (κ2) is 5.74. The predicted molar refractivity (Wildman–Crippen MR) is 81.9 cm³/mol. The SMILES string of the molecule is Cc1cnc2nc(CCCNc3ccccc3)[nH]c2c1. The third-order valence-electron chi connectivity index (χ3n) is 3.22. The van der Waals surface area contributed by atoms with Crippen LogP contribution in [-0.4, -0.2) is 21.5 Å². The van der Waals surface area contributed by atoms with E-state index in [0.717, 1.165) is 47.6 Å². The maximum absolute atomic E-state index is 4.50. The van der Waals surface area contributed by atoms with Crippen molar-refractivity contribution in [3.8, 4) is 0 Å². The summed E-state index contributed by atoms with van der Waals surface area (Å²) in [6.45, 7) is 2.98. The van der Waals surface area contributed by atoms with Gasteiger partial charge in [0.25, 0.3) is 0 Å². The van der Waals surface area contributed by atoms with E-state index < -0.39 is 0 Å². The highest BCUT2D eigenvalue weighted by Gasteiger charge is 2.03. The number of imidazole rings is 1. The van der Waals surface area contributed by atoms with Crippen LogP contribution in [0.3, 0.4) is 0 Å². The molecule has 0 aliphatic carbocycles. The van der Waals surface area contributed by atoms with Crippen molar-refractivity contribution in [2.24, 2.45) is 0 Å². The number of anilines is 1. The molecular weight excluding hydrogens is 248 g/mol. The zero-order valence-electron chi connectivity index (χ0n) is 11.6. The number of hydrogen-bond acceptors (Lipinski definition) is 3. The number of pyridine rings is 1. The Kier molecular flexibility index (Phi) is 3.63. The van der Waals surface area contributed by atoms with E-state index in [1.54, 1.807) is 0 Å². The van der Waals surface area contributed by atoms with Crippen molar-refractivity contribution >= 4 is 16.9 Å². The monoisotopic (exact) mass is 266 g/mol. The van der Waals surface area contributed by atoms with Gasteiger partial charge in [-0.2, -0.15) is 0 Å². The number of rotatable bonds is 5. The molecule has 4 heteroatoms. The van der Waals surface area contributed by atoms with Crippen molar-refractivity contribution < 1.29 is 0 Å². The average Bonchev–Trinajstić information content (AvgIpc) is 2.86. The molecular formula is C16H18N4. The van der Waals surface area contributed by atoms with Gasteiger partial charge in [0, 0.05) is 24.8 Å². The van der Waals surface area contributed by atoms with Gasteiger partial charge in [-0.25, -0.2) is 9.97 Å². The van der Waals surface area contributed by atoms with E-state index in [0.29, 0.717) is 0 Å². The van der Waals surface area contributed by atoms with Crippen LogP contribution in [0.25, 0.3) is 11.2 Å². The summed E-state index contributed by atoms with van der Waals surface area (Å²) in [5.74, 6) is 1.01. The van der Waals surface area contributed by atoms with Crippen LogP contribution in [0.15, 0.2) is 42.6 Å². The summed E-state index contributed by atoms with van der Waals surface area (Å²) < 4.78 is 0. The number of fused-ring (bicyclic) bond motifs is 1. The van der Waals surface area contributed by atoms with Gasteiger partial charge in [-0.15, -0.1) is 0 Å². The lowest BCUT2D eigenvalue weighted by molar-refractivity contribution is 0.819. The summed E-state index contributed by atoms with van der Waals surface area (Å²) in [5.41, 5.74) is 4.14. The zero-order valence-corrected chi connectivity index (χ0v) is 11.6. The largest absolute Gasteiger partial charge is 0.385 e. The molecule has 0 radical (unpaired) electrons. The molecule has 0 amide bonds. The second-order valence-electron chi connectivity index (χ2n) is 4.96. The molecule has 0 fully saturated rings. The van der Waals surface area contributed by atoms with Gasteiger partial charge in [0.05, 0.1) is 5.52 Å². The Morgan fingerprint density at radius 1 is 1.20 bits per heavy atom. The van der Waals surface area contributed by atoms with E-state index in [2.05, 4.69) is 38.5 Å². The third-order valence-corrected chi connectivity index (χ3v) is 3.22. The maximum atomic E-state index is 4.50. The molecule has 2 aromatic heterocycles. The highest BCUT2D eigenvalue weighted by Crippen LogP contribution is 2.11. The van der Waals surface area contributed by atoms with E-state index in [1.807, 2.05) is 31.3 Å². The molecule has 0 aliphatic heterocycles. The minimum absolute atomic E-state index is 0.807. The summed E-state index contributed by atoms with van der Waals surface area (Å²) in [4.78, 5) is 12.2. The molecule has 0 saturated carbocycles. The van der Waals surface area contributed by atoms with Gasteiger partial charge < -0.3 is 10.3 Å². The van der Waals surface area contributed by atoms with Gasteiger partial charge >= 0.3 is 0 Å². The number of para-hydroxylation sites is 1. The van der Waals surface area contributed by atoms with Gasteiger partial charge in [-0.3, -0.25) is 0 Å². The van der Waals surface area contributed by atoms with E-state index in [-0.39, 0.29) is 0 Å². The number of nitrogens with zero attached hydrogens (tertiary/aromatic N) is 2. The summed E-state index contributed by atoms with van der Waals surface area (Å²) >= 11 is 0. The number of nitrogens with one attached hydrogen (secondary N) is 2. The lowest BCUT2D eigenvalue weighted by atomic mass is 10.2. The Labute approximate surface area is 118 Å². The molecule has 0 saturated heterocycles. The predicted octanol–water partition coefficient (Wildman–Crippen LogP) is 3.31. The van der Waals surface area contributed by atoms with Crippen LogP contribution in [0.1, 0.15) is 17.8 Å². The Bertz CT molecular complexity index is 688. The molecule has 3 aromatic rings. The van der Waals surface area contributed by atoms with E-state index in [1.165, 1.54) is 0 Å². The summed E-state index contributed by atoms with van der Waals surface area (Å²) in [5, 5.41) is 3.40. The number of benzene rings is 1. The fourth-order valence-electron chi connectivity index (χ4n) is 2.22. The van der Waals surface area contributed by atoms with Crippen LogP contribution in [0.4, 0.5) is 5.69 Å². The summed E-state index contributed by atoms with van der Waals surface area (Å²) in [6, 6.07) is 12.3. The van der Waals surface area contributed by atoms with Crippen LogP contribution in [0, 0.1) is 6.92 Å². The first-order chi connectivity index (χ1) is 9.81. The molecule has 0 spiro atoms. The van der Waals surface area contributed by atoms with Crippen molar-refractivity contribution in [3.05, 3.63) is 54.0 Å². The molecule has 102 valence electrons. The Morgan fingerprint density at radius 3 is 2.90 bits per heavy atom. The zero-order chi connectivity index (χ0) is 13.8. The third kappa shape index (κ3) is 2.96. The maximum Gasteiger partial charge on any atom is 0.177 e. The standard InChI is InChI=1S/C16H18N4/c1-12-10-14-16(18-11-12)20-15(19-14)8-5-9-17-13-6-3-2-4-7-13/h2-4,6-7,10-11,17H,5,8-9H2,1H3,(H,18,19,20). The molecule has 3 rings (SSSR count). The van der Waals surface area contributed by atoms with Crippen LogP contribution in [0.5, 0.6) is 0 Å². The average molecular weight is 266 g/mol. The molecule has 0 atom stereocenters. The topological polar surface area (TPSA) is 53.6 Å². The fraction of sp³-hybridized carbons (Fsp3) is 0.250. The lowest BCUT2D eigenvalue weighted by Crippen LogP contribution is -2.03. The van der Waals surface area contributed by atoms with Gasteiger partial charge in [-0.1, -0.05) is 18.2 Å². The van der Waals surface area contributed by atoms with E-state index >= 15 is 0 Å². The number of H-pyrrole nitrogens is 1. The number of aromatic nitrogens is 3. The number of aryl methyl sites for hydroxylation is 2. The highest BCUT2D eigenvalue weighted by molar-refractivity contribution is 5.70. The molecule has 0 unspecified atom stereocenters. The van der Waals surface area contributed by atoms with Crippen molar-refractivity contribution in [2.45, 2.75) is 19.8 Å². The number of hydrogen-bond donors (Lipinski definition) is 2. The van der Waals surface area contributed by atoms with Crippen LogP contribution >= 0.6 is 0 Å². The van der Waals surface area contributed by atoms with Gasteiger partial charge in [-0.05, 0) is 37.1 Å². The molecule has 20 heavy (non-hydrogen) atoms. The van der Waals surface area contributed by atoms with Crippen LogP contribution in [0.2, 0.25) is 0 Å². The van der Waals surface area contributed by atoms with Crippen molar-refractivity contribution in [3.63, 3.8) is 0 Å². The van der Waals surface area contributed by atoms with E-state index in [4.69, 9.17) is 0 Å². The Morgan fingerprint density at radius 2 is 2.05 bits per heavy atom. The summed E-state index contributed by atoms with van der Waals surface area (Å²) in [6.07, 6.45) is 3.81. The minimum atomic E-state index is 0.807. The first-order valence-corrected chi connectivity index (χ1v) is 6.91. The summed E-state index contributed by atoms with van der Waals surface area (Å²) in [7, 11) is 0. The molecule has 2 N–H and O–H groups in total. The molecule has 2 heterocycles. The first-order valence-electron chi connectivity index (χ1n) is 6.91. The molecule has 0 aliphatic rings. The normalized spacial score (nSPS) is 10.8. The lowest BCUT2D eigenvalue weighted by Gasteiger charge is -2.04. The van der Waals surface area contributed by atoms with Crippen molar-refractivity contribution in [2.75, 3.05) is 11.9 Å². The minimum Gasteiger partial charge on any atom is -0.385 e. The van der Waals surface area contributed by atoms with Crippen molar-refractivity contribution in [1.29, 1.82) is 0 Å². The number of aromatic amines is 1. The molecule has 4 nitrogen and oxygen atoms in total. The smallest absolute Gasteiger partial charge is 0.177 e. The van der Waals surface area contributed by atoms with Crippen LogP contribution < -0.4 is 5.32 Å². The molecule has 1 aromatic carbocycles. The Hall–Kier alpha value is -2.36. The molecule has 0 bridgehead atoms. The van der Waals surface area contributed by atoms with Gasteiger partial charge in [0.1, 0.15) is 5.82 Å². The first kappa shape index (κ1) is 12.7. The van der Waals surface area contributed by atoms with E-state index in [9.17, 15) is 0 Å². The Balaban J connectivity index is 1.55. The highest BCUT2D eigenvalue weighted by atomic mass is 15.0. The van der Waals surface area contributed by atoms with Crippen molar-refractivity contribution in [1.82, 2.24) is 15.0 Å². The second-order valence-corrected chi connectivity index (χ2v) is 4.96. The van der Waals surface area contributed by atoms with Gasteiger partial charge in [0.15, 0.2) is 5.65 Å².